The highest BCUT2D eigenvalue weighted by Crippen LogP contribution is 2.14. The van der Waals surface area contributed by atoms with Crippen molar-refractivity contribution in [1.29, 1.82) is 0 Å². The van der Waals surface area contributed by atoms with E-state index in [0.717, 1.165) is 0 Å². The third-order valence-corrected chi connectivity index (χ3v) is 2.57. The van der Waals surface area contributed by atoms with Gasteiger partial charge in [0.2, 0.25) is 0 Å². The zero-order chi connectivity index (χ0) is 10.0. The maximum Gasteiger partial charge on any atom is 0.0938 e. The van der Waals surface area contributed by atoms with Gasteiger partial charge in [-0.1, -0.05) is 12.2 Å². The van der Waals surface area contributed by atoms with Gasteiger partial charge in [-0.2, -0.15) is 0 Å². The molecule has 3 atom stereocenters. The molecule has 0 aromatic rings. The lowest BCUT2D eigenvalue weighted by Gasteiger charge is -2.22. The van der Waals surface area contributed by atoms with Gasteiger partial charge in [-0.25, -0.2) is 0 Å². The number of likely N-dealkylation sites (tertiary alicyclic amines) is 1. The van der Waals surface area contributed by atoms with E-state index in [1.54, 1.807) is 0 Å². The number of aliphatic hydroxyl groups is 2. The van der Waals surface area contributed by atoms with Crippen molar-refractivity contribution in [1.82, 2.24) is 4.90 Å². The average Bonchev–Trinajstić information content (AvgIpc) is 2.31. The van der Waals surface area contributed by atoms with Gasteiger partial charge in [0.1, 0.15) is 0 Å². The van der Waals surface area contributed by atoms with Crippen LogP contribution in [0.25, 0.3) is 0 Å². The fraction of sp³-hybridized carbons (Fsp3) is 0.875. The minimum atomic E-state index is -0.631. The Hall–Kier alpha value is -0.230. The third kappa shape index (κ3) is 2.87. The van der Waals surface area contributed by atoms with Crippen molar-refractivity contribution in [2.24, 2.45) is 5.73 Å². The molecule has 5 heteroatoms. The molecule has 0 bridgehead atoms. The molecule has 1 heterocycles. The van der Waals surface area contributed by atoms with Crippen molar-refractivity contribution in [3.63, 3.8) is 0 Å². The molecule has 1 fully saturated rings. The Balaban J connectivity index is 2.41. The van der Waals surface area contributed by atoms with Crippen LogP contribution in [0.15, 0.2) is 0 Å². The normalized spacial score (nSPS) is 31.9. The Bertz CT molecular complexity index is 191. The summed E-state index contributed by atoms with van der Waals surface area (Å²) in [7, 11) is 0. The summed E-state index contributed by atoms with van der Waals surface area (Å²) in [6.45, 7) is 3.00. The molecule has 13 heavy (non-hydrogen) atoms. The second kappa shape index (κ2) is 4.32. The van der Waals surface area contributed by atoms with E-state index in [4.69, 9.17) is 18.0 Å². The molecule has 0 aromatic heterocycles. The van der Waals surface area contributed by atoms with E-state index in [0.29, 0.717) is 24.5 Å². The molecule has 3 unspecified atom stereocenters. The number of hydrogen-bond donors (Lipinski definition) is 3. The molecule has 0 spiro atoms. The summed E-state index contributed by atoms with van der Waals surface area (Å²) in [6.07, 6.45) is -0.628. The molecular formula is C8H16N2O2S. The first kappa shape index (κ1) is 10.8. The van der Waals surface area contributed by atoms with Crippen molar-refractivity contribution in [3.8, 4) is 0 Å². The molecule has 0 aliphatic carbocycles. The molecule has 4 nitrogen and oxygen atoms in total. The van der Waals surface area contributed by atoms with Crippen molar-refractivity contribution >= 4 is 17.2 Å². The summed E-state index contributed by atoms with van der Waals surface area (Å²) >= 11 is 4.79. The van der Waals surface area contributed by atoms with Crippen LogP contribution in [0.1, 0.15) is 13.3 Å². The SMILES string of the molecule is CC(CC(N)=S)N1CC(O)C(O)C1. The maximum atomic E-state index is 9.30. The van der Waals surface area contributed by atoms with Crippen LogP contribution in [0.3, 0.4) is 0 Å². The van der Waals surface area contributed by atoms with Crippen LogP contribution in [0.2, 0.25) is 0 Å². The van der Waals surface area contributed by atoms with Crippen molar-refractivity contribution < 1.29 is 10.2 Å². The van der Waals surface area contributed by atoms with Gasteiger partial charge in [-0.3, -0.25) is 4.90 Å². The number of β-amino-alcohol motifs (C(OH)–C–C–N with tert-alkyl or cyclic N) is 2. The largest absolute Gasteiger partial charge is 0.393 e. The highest BCUT2D eigenvalue weighted by molar-refractivity contribution is 7.80. The summed E-state index contributed by atoms with van der Waals surface area (Å²) in [6, 6.07) is 0.198. The monoisotopic (exact) mass is 204 g/mol. The molecule has 1 saturated heterocycles. The summed E-state index contributed by atoms with van der Waals surface area (Å²) in [5.74, 6) is 0. The lowest BCUT2D eigenvalue weighted by atomic mass is 10.2. The molecule has 1 aliphatic rings. The molecule has 0 aromatic carbocycles. The van der Waals surface area contributed by atoms with Gasteiger partial charge in [0, 0.05) is 25.6 Å². The first-order valence-corrected chi connectivity index (χ1v) is 4.80. The molecule has 1 rings (SSSR count). The first-order valence-electron chi connectivity index (χ1n) is 4.39. The standard InChI is InChI=1S/C8H16N2O2S/c1-5(2-8(9)13)10-3-6(11)7(12)4-10/h5-7,11-12H,2-4H2,1H3,(H2,9,13). The molecular weight excluding hydrogens is 188 g/mol. The van der Waals surface area contributed by atoms with Gasteiger partial charge in [-0.05, 0) is 6.92 Å². The van der Waals surface area contributed by atoms with E-state index in [1.165, 1.54) is 0 Å². The second-order valence-electron chi connectivity index (χ2n) is 3.61. The van der Waals surface area contributed by atoms with E-state index in [1.807, 2.05) is 11.8 Å². The summed E-state index contributed by atoms with van der Waals surface area (Å²) < 4.78 is 0. The van der Waals surface area contributed by atoms with Gasteiger partial charge in [-0.15, -0.1) is 0 Å². The van der Waals surface area contributed by atoms with Gasteiger partial charge in [0.15, 0.2) is 0 Å². The van der Waals surface area contributed by atoms with Crippen LogP contribution in [0.5, 0.6) is 0 Å². The fourth-order valence-corrected chi connectivity index (χ4v) is 1.82. The lowest BCUT2D eigenvalue weighted by molar-refractivity contribution is 0.0572. The van der Waals surface area contributed by atoms with Gasteiger partial charge < -0.3 is 15.9 Å². The topological polar surface area (TPSA) is 69.7 Å². The number of hydrogen-bond acceptors (Lipinski definition) is 4. The minimum Gasteiger partial charge on any atom is -0.393 e. The Kier molecular flexibility index (Phi) is 3.61. The molecule has 0 radical (unpaired) electrons. The van der Waals surface area contributed by atoms with Gasteiger partial charge in [0.25, 0.3) is 0 Å². The quantitative estimate of drug-likeness (QED) is 0.519. The van der Waals surface area contributed by atoms with E-state index < -0.39 is 12.2 Å². The molecule has 1 aliphatic heterocycles. The van der Waals surface area contributed by atoms with Crippen LogP contribution >= 0.6 is 12.2 Å². The zero-order valence-corrected chi connectivity index (χ0v) is 8.50. The minimum absolute atomic E-state index is 0.198. The van der Waals surface area contributed by atoms with Crippen molar-refractivity contribution in [2.75, 3.05) is 13.1 Å². The van der Waals surface area contributed by atoms with E-state index in [9.17, 15) is 10.2 Å². The maximum absolute atomic E-state index is 9.30. The van der Waals surface area contributed by atoms with Gasteiger partial charge in [0.05, 0.1) is 17.2 Å². The van der Waals surface area contributed by atoms with Gasteiger partial charge >= 0.3 is 0 Å². The van der Waals surface area contributed by atoms with E-state index in [2.05, 4.69) is 0 Å². The molecule has 0 saturated carbocycles. The summed E-state index contributed by atoms with van der Waals surface area (Å²) in [5, 5.41) is 18.6. The summed E-state index contributed by atoms with van der Waals surface area (Å²) in [5.41, 5.74) is 5.41. The van der Waals surface area contributed by atoms with E-state index in [-0.39, 0.29) is 6.04 Å². The predicted octanol–water partition coefficient (Wildman–Crippen LogP) is -0.911. The lowest BCUT2D eigenvalue weighted by Crippen LogP contribution is -2.34. The number of thiocarbonyl (C=S) groups is 1. The fourth-order valence-electron chi connectivity index (χ4n) is 1.58. The number of nitrogens with two attached hydrogens (primary N) is 1. The van der Waals surface area contributed by atoms with Crippen molar-refractivity contribution in [3.05, 3.63) is 0 Å². The first-order chi connectivity index (χ1) is 6.00. The van der Waals surface area contributed by atoms with E-state index >= 15 is 0 Å². The molecule has 0 amide bonds. The highest BCUT2D eigenvalue weighted by Gasteiger charge is 2.32. The second-order valence-corrected chi connectivity index (χ2v) is 4.13. The highest BCUT2D eigenvalue weighted by atomic mass is 32.1. The van der Waals surface area contributed by atoms with Crippen molar-refractivity contribution in [2.45, 2.75) is 31.6 Å². The Morgan fingerprint density at radius 3 is 2.38 bits per heavy atom. The Morgan fingerprint density at radius 1 is 1.54 bits per heavy atom. The van der Waals surface area contributed by atoms with Crippen LogP contribution in [-0.2, 0) is 0 Å². The van der Waals surface area contributed by atoms with Crippen LogP contribution < -0.4 is 5.73 Å². The summed E-state index contributed by atoms with van der Waals surface area (Å²) in [4.78, 5) is 2.47. The number of aliphatic hydroxyl groups excluding tert-OH is 2. The Labute approximate surface area is 83.3 Å². The Morgan fingerprint density at radius 2 is 2.00 bits per heavy atom. The average molecular weight is 204 g/mol. The predicted molar refractivity (Wildman–Crippen MR) is 54.5 cm³/mol. The number of rotatable bonds is 3. The van der Waals surface area contributed by atoms with Crippen LogP contribution in [0.4, 0.5) is 0 Å². The zero-order valence-electron chi connectivity index (χ0n) is 7.68. The third-order valence-electron chi connectivity index (χ3n) is 2.41. The number of nitrogens with zero attached hydrogens (tertiary/aromatic N) is 1. The smallest absolute Gasteiger partial charge is 0.0938 e. The van der Waals surface area contributed by atoms with Crippen LogP contribution in [-0.4, -0.2) is 51.4 Å². The van der Waals surface area contributed by atoms with Crippen LogP contribution in [0, 0.1) is 0 Å². The molecule has 76 valence electrons. The molecule has 4 N–H and O–H groups in total.